The van der Waals surface area contributed by atoms with E-state index in [0.29, 0.717) is 26.2 Å². The number of nitrogens with zero attached hydrogens (tertiary/aromatic N) is 6. The first-order valence-corrected chi connectivity index (χ1v) is 12.9. The van der Waals surface area contributed by atoms with Crippen LogP contribution in [0.3, 0.4) is 0 Å². The van der Waals surface area contributed by atoms with Gasteiger partial charge in [-0.05, 0) is 43.8 Å². The zero-order valence-electron chi connectivity index (χ0n) is 21.8. The van der Waals surface area contributed by atoms with Crippen LogP contribution in [0.4, 0.5) is 0 Å². The SMILES string of the molecule is CC/C=C\C=C(/N)CN(CCN(CC(=O)N1CCN(C)CC1)Cc1ccccn1)Cc1ccccn1. The number of likely N-dealkylation sites (N-methyl/N-ethyl adjacent to an activating group) is 1. The molecule has 0 bridgehead atoms. The van der Waals surface area contributed by atoms with Crippen molar-refractivity contribution in [1.29, 1.82) is 0 Å². The van der Waals surface area contributed by atoms with Crippen LogP contribution < -0.4 is 5.73 Å². The van der Waals surface area contributed by atoms with Crippen molar-refractivity contribution in [2.24, 2.45) is 5.73 Å². The lowest BCUT2D eigenvalue weighted by atomic mass is 10.2. The van der Waals surface area contributed by atoms with E-state index in [-0.39, 0.29) is 5.91 Å². The standard InChI is InChI=1S/C28H41N7O/c1-3-4-5-10-25(29)21-33(22-26-11-6-8-13-30-26)17-18-34(23-27-12-7-9-14-31-27)24-28(36)35-19-15-32(2)16-20-35/h4-14H,3,15-24,29H2,1-2H3/b5-4-,25-10-. The van der Waals surface area contributed by atoms with Crippen molar-refractivity contribution in [3.63, 3.8) is 0 Å². The van der Waals surface area contributed by atoms with E-state index in [2.05, 4.69) is 44.7 Å². The topological polar surface area (TPSA) is 81.8 Å². The molecule has 194 valence electrons. The summed E-state index contributed by atoms with van der Waals surface area (Å²) in [5.41, 5.74) is 9.12. The normalized spacial score (nSPS) is 15.3. The number of nitrogens with two attached hydrogens (primary N) is 1. The third kappa shape index (κ3) is 9.89. The summed E-state index contributed by atoms with van der Waals surface area (Å²) >= 11 is 0. The van der Waals surface area contributed by atoms with E-state index < -0.39 is 0 Å². The molecule has 0 atom stereocenters. The van der Waals surface area contributed by atoms with Gasteiger partial charge >= 0.3 is 0 Å². The summed E-state index contributed by atoms with van der Waals surface area (Å²) in [6, 6.07) is 11.9. The number of carbonyl (C=O) groups is 1. The van der Waals surface area contributed by atoms with Crippen molar-refractivity contribution in [2.75, 3.05) is 59.4 Å². The highest BCUT2D eigenvalue weighted by atomic mass is 16.2. The monoisotopic (exact) mass is 491 g/mol. The third-order valence-electron chi connectivity index (χ3n) is 6.26. The van der Waals surface area contributed by atoms with Crippen molar-refractivity contribution in [3.05, 3.63) is 84.1 Å². The van der Waals surface area contributed by atoms with Gasteiger partial charge in [-0.15, -0.1) is 0 Å². The largest absolute Gasteiger partial charge is 0.401 e. The fourth-order valence-electron chi connectivity index (χ4n) is 4.14. The predicted molar refractivity (Wildman–Crippen MR) is 145 cm³/mol. The Morgan fingerprint density at radius 1 is 0.944 bits per heavy atom. The molecule has 0 spiro atoms. The van der Waals surface area contributed by atoms with Gasteiger partial charge in [0.1, 0.15) is 0 Å². The molecule has 0 aromatic carbocycles. The van der Waals surface area contributed by atoms with Gasteiger partial charge in [0.05, 0.1) is 17.9 Å². The van der Waals surface area contributed by atoms with Crippen LogP contribution in [0.1, 0.15) is 24.7 Å². The van der Waals surface area contributed by atoms with Crippen molar-refractivity contribution in [1.82, 2.24) is 29.6 Å². The average molecular weight is 492 g/mol. The van der Waals surface area contributed by atoms with Crippen LogP contribution in [0.25, 0.3) is 0 Å². The number of allylic oxidation sites excluding steroid dienone is 3. The summed E-state index contributed by atoms with van der Waals surface area (Å²) in [6.07, 6.45) is 10.7. The van der Waals surface area contributed by atoms with E-state index in [0.717, 1.165) is 62.8 Å². The first-order valence-electron chi connectivity index (χ1n) is 12.9. The molecule has 0 saturated carbocycles. The summed E-state index contributed by atoms with van der Waals surface area (Å²) in [5, 5.41) is 0. The molecule has 0 radical (unpaired) electrons. The van der Waals surface area contributed by atoms with Crippen LogP contribution in [-0.2, 0) is 17.9 Å². The molecule has 0 unspecified atom stereocenters. The number of hydrogen-bond donors (Lipinski definition) is 1. The molecule has 8 heteroatoms. The van der Waals surface area contributed by atoms with E-state index in [1.54, 1.807) is 6.20 Å². The zero-order valence-corrected chi connectivity index (χ0v) is 21.8. The van der Waals surface area contributed by atoms with Gasteiger partial charge in [-0.3, -0.25) is 24.6 Å². The molecule has 1 fully saturated rings. The number of amides is 1. The fraction of sp³-hybridized carbons (Fsp3) is 0.464. The van der Waals surface area contributed by atoms with Crippen molar-refractivity contribution in [2.45, 2.75) is 26.4 Å². The molecule has 2 aromatic rings. The van der Waals surface area contributed by atoms with Gasteiger partial charge in [-0.25, -0.2) is 0 Å². The van der Waals surface area contributed by atoms with Gasteiger partial charge in [-0.1, -0.05) is 31.2 Å². The summed E-state index contributed by atoms with van der Waals surface area (Å²) in [4.78, 5) is 30.9. The Labute approximate surface area is 216 Å². The zero-order chi connectivity index (χ0) is 25.6. The summed E-state index contributed by atoms with van der Waals surface area (Å²) in [5.74, 6) is 0.180. The molecule has 36 heavy (non-hydrogen) atoms. The second kappa shape index (κ2) is 15.1. The third-order valence-corrected chi connectivity index (χ3v) is 6.26. The number of pyridine rings is 2. The Balaban J connectivity index is 1.68. The number of hydrogen-bond acceptors (Lipinski definition) is 7. The maximum Gasteiger partial charge on any atom is 0.236 e. The Morgan fingerprint density at radius 3 is 2.06 bits per heavy atom. The second-order valence-corrected chi connectivity index (χ2v) is 9.33. The lowest BCUT2D eigenvalue weighted by Gasteiger charge is -2.34. The Morgan fingerprint density at radius 2 is 1.53 bits per heavy atom. The Bertz CT molecular complexity index is 956. The molecule has 0 aliphatic carbocycles. The molecular formula is C28H41N7O. The van der Waals surface area contributed by atoms with Gasteiger partial charge in [0, 0.05) is 77.0 Å². The van der Waals surface area contributed by atoms with Gasteiger partial charge in [0.2, 0.25) is 5.91 Å². The molecule has 3 rings (SSSR count). The Kier molecular flexibility index (Phi) is 11.6. The average Bonchev–Trinajstić information content (AvgIpc) is 2.89. The van der Waals surface area contributed by atoms with Crippen LogP contribution in [-0.4, -0.2) is 94.9 Å². The highest BCUT2D eigenvalue weighted by molar-refractivity contribution is 5.78. The van der Waals surface area contributed by atoms with Crippen LogP contribution in [0.2, 0.25) is 0 Å². The van der Waals surface area contributed by atoms with Crippen LogP contribution in [0.5, 0.6) is 0 Å². The van der Waals surface area contributed by atoms with Crippen LogP contribution in [0, 0.1) is 0 Å². The maximum absolute atomic E-state index is 13.2. The maximum atomic E-state index is 13.2. The van der Waals surface area contributed by atoms with E-state index >= 15 is 0 Å². The minimum atomic E-state index is 0.180. The van der Waals surface area contributed by atoms with Gasteiger partial charge in [0.15, 0.2) is 0 Å². The van der Waals surface area contributed by atoms with E-state index in [1.807, 2.05) is 59.6 Å². The van der Waals surface area contributed by atoms with Gasteiger partial charge < -0.3 is 15.5 Å². The summed E-state index contributed by atoms with van der Waals surface area (Å²) in [6.45, 7) is 9.32. The smallest absolute Gasteiger partial charge is 0.236 e. The molecular weight excluding hydrogens is 450 g/mol. The van der Waals surface area contributed by atoms with E-state index in [1.165, 1.54) is 0 Å². The Hall–Kier alpha value is -3.07. The summed E-state index contributed by atoms with van der Waals surface area (Å²) < 4.78 is 0. The van der Waals surface area contributed by atoms with E-state index in [4.69, 9.17) is 5.73 Å². The molecule has 2 aromatic heterocycles. The molecule has 8 nitrogen and oxygen atoms in total. The summed E-state index contributed by atoms with van der Waals surface area (Å²) in [7, 11) is 2.10. The minimum Gasteiger partial charge on any atom is -0.401 e. The van der Waals surface area contributed by atoms with Crippen molar-refractivity contribution < 1.29 is 4.79 Å². The van der Waals surface area contributed by atoms with Crippen molar-refractivity contribution >= 4 is 5.91 Å². The predicted octanol–water partition coefficient (Wildman–Crippen LogP) is 2.36. The first kappa shape index (κ1) is 27.5. The number of rotatable bonds is 13. The molecule has 1 aliphatic rings. The lowest BCUT2D eigenvalue weighted by molar-refractivity contribution is -0.134. The highest BCUT2D eigenvalue weighted by Gasteiger charge is 2.22. The second-order valence-electron chi connectivity index (χ2n) is 9.33. The highest BCUT2D eigenvalue weighted by Crippen LogP contribution is 2.08. The quantitative estimate of drug-likeness (QED) is 0.431. The minimum absolute atomic E-state index is 0.180. The van der Waals surface area contributed by atoms with Crippen LogP contribution in [0.15, 0.2) is 72.7 Å². The van der Waals surface area contributed by atoms with Crippen molar-refractivity contribution in [3.8, 4) is 0 Å². The lowest BCUT2D eigenvalue weighted by Crippen LogP contribution is -2.50. The fourth-order valence-corrected chi connectivity index (χ4v) is 4.14. The number of aromatic nitrogens is 2. The van der Waals surface area contributed by atoms with Crippen LogP contribution >= 0.6 is 0 Å². The van der Waals surface area contributed by atoms with Gasteiger partial charge in [0.25, 0.3) is 0 Å². The first-order chi connectivity index (χ1) is 17.5. The molecule has 3 heterocycles. The molecule has 2 N–H and O–H groups in total. The number of piperazine rings is 1. The molecule has 1 saturated heterocycles. The van der Waals surface area contributed by atoms with Gasteiger partial charge in [-0.2, -0.15) is 0 Å². The molecule has 1 amide bonds. The number of carbonyl (C=O) groups excluding carboxylic acids is 1. The van der Waals surface area contributed by atoms with E-state index in [9.17, 15) is 4.79 Å². The molecule has 1 aliphatic heterocycles.